The van der Waals surface area contributed by atoms with Crippen LogP contribution in [0.4, 0.5) is 5.69 Å². The number of aryl methyl sites for hydroxylation is 2. The van der Waals surface area contributed by atoms with Crippen molar-refractivity contribution in [2.75, 3.05) is 5.32 Å². The summed E-state index contributed by atoms with van der Waals surface area (Å²) < 4.78 is 0. The molecule has 2 aromatic rings. The normalized spacial score (nSPS) is 11.1. The van der Waals surface area contributed by atoms with Gasteiger partial charge in [-0.1, -0.05) is 23.7 Å². The zero-order valence-corrected chi connectivity index (χ0v) is 15.8. The number of aromatic nitrogens is 1. The van der Waals surface area contributed by atoms with Gasteiger partial charge in [0.25, 0.3) is 11.8 Å². The highest BCUT2D eigenvalue weighted by Crippen LogP contribution is 2.27. The number of hydrogen-bond acceptors (Lipinski definition) is 3. The molecule has 132 valence electrons. The fraction of sp³-hybridized carbons (Fsp3) is 0.316. The molecule has 0 atom stereocenters. The van der Waals surface area contributed by atoms with E-state index in [1.807, 2.05) is 40.7 Å². The number of carbonyl (C=O) groups is 2. The number of nitrogens with one attached hydrogen (secondary N) is 2. The summed E-state index contributed by atoms with van der Waals surface area (Å²) >= 11 is 6.22. The molecule has 2 rings (SSSR count). The first kappa shape index (κ1) is 18.9. The van der Waals surface area contributed by atoms with Crippen molar-refractivity contribution in [3.8, 4) is 0 Å². The van der Waals surface area contributed by atoms with Gasteiger partial charge >= 0.3 is 0 Å². The molecule has 0 unspecified atom stereocenters. The number of nitrogens with zero attached hydrogens (tertiary/aromatic N) is 1. The molecule has 25 heavy (non-hydrogen) atoms. The summed E-state index contributed by atoms with van der Waals surface area (Å²) in [4.78, 5) is 28.9. The van der Waals surface area contributed by atoms with Gasteiger partial charge in [-0.15, -0.1) is 0 Å². The molecule has 0 radical (unpaired) electrons. The van der Waals surface area contributed by atoms with E-state index < -0.39 is 5.91 Å². The standard InChI is InChI=1S/C19H22ClN3O2/c1-11-9-12(2)16(13(20)10-11)22-17(24)14-7-6-8-15(21-14)18(25)23-19(3,4)5/h6-10H,1-5H3,(H,22,24)(H,23,25). The highest BCUT2D eigenvalue weighted by molar-refractivity contribution is 6.34. The van der Waals surface area contributed by atoms with E-state index in [1.54, 1.807) is 24.3 Å². The molecule has 6 heteroatoms. The highest BCUT2D eigenvalue weighted by Gasteiger charge is 2.18. The Labute approximate surface area is 152 Å². The third-order valence-electron chi connectivity index (χ3n) is 3.37. The number of hydrogen-bond donors (Lipinski definition) is 2. The molecule has 0 fully saturated rings. The summed E-state index contributed by atoms with van der Waals surface area (Å²) in [5.74, 6) is -0.744. The number of benzene rings is 1. The van der Waals surface area contributed by atoms with Crippen LogP contribution in [0, 0.1) is 13.8 Å². The summed E-state index contributed by atoms with van der Waals surface area (Å²) in [5, 5.41) is 6.06. The van der Waals surface area contributed by atoms with Crippen LogP contribution in [0.3, 0.4) is 0 Å². The lowest BCUT2D eigenvalue weighted by Crippen LogP contribution is -2.41. The van der Waals surface area contributed by atoms with E-state index in [9.17, 15) is 9.59 Å². The number of carbonyl (C=O) groups excluding carboxylic acids is 2. The fourth-order valence-corrected chi connectivity index (χ4v) is 2.71. The summed E-state index contributed by atoms with van der Waals surface area (Å²) in [7, 11) is 0. The van der Waals surface area contributed by atoms with E-state index in [-0.39, 0.29) is 22.8 Å². The van der Waals surface area contributed by atoms with Gasteiger partial charge in [0.15, 0.2) is 0 Å². The average Bonchev–Trinajstić information content (AvgIpc) is 2.49. The van der Waals surface area contributed by atoms with E-state index in [0.29, 0.717) is 10.7 Å². The van der Waals surface area contributed by atoms with Crippen LogP contribution in [0.15, 0.2) is 30.3 Å². The zero-order chi connectivity index (χ0) is 18.8. The van der Waals surface area contributed by atoms with Gasteiger partial charge in [0.1, 0.15) is 11.4 Å². The number of pyridine rings is 1. The second-order valence-corrected chi connectivity index (χ2v) is 7.41. The number of anilines is 1. The van der Waals surface area contributed by atoms with Gasteiger partial charge in [0, 0.05) is 5.54 Å². The maximum absolute atomic E-state index is 12.5. The van der Waals surface area contributed by atoms with Crippen molar-refractivity contribution < 1.29 is 9.59 Å². The minimum absolute atomic E-state index is 0.151. The second-order valence-electron chi connectivity index (χ2n) is 7.00. The smallest absolute Gasteiger partial charge is 0.274 e. The molecular weight excluding hydrogens is 338 g/mol. The molecule has 2 N–H and O–H groups in total. The largest absolute Gasteiger partial charge is 0.346 e. The van der Waals surface area contributed by atoms with E-state index in [4.69, 9.17) is 11.6 Å². The third-order valence-corrected chi connectivity index (χ3v) is 3.67. The van der Waals surface area contributed by atoms with Gasteiger partial charge in [0.2, 0.25) is 0 Å². The van der Waals surface area contributed by atoms with Crippen molar-refractivity contribution >= 4 is 29.1 Å². The lowest BCUT2D eigenvalue weighted by molar-refractivity contribution is 0.0914. The SMILES string of the molecule is Cc1cc(C)c(NC(=O)c2cccc(C(=O)NC(C)(C)C)n2)c(Cl)c1. The van der Waals surface area contributed by atoms with Crippen molar-refractivity contribution in [3.05, 3.63) is 57.9 Å². The van der Waals surface area contributed by atoms with Crippen LogP contribution < -0.4 is 10.6 Å². The molecule has 1 aromatic carbocycles. The Morgan fingerprint density at radius 3 is 2.20 bits per heavy atom. The van der Waals surface area contributed by atoms with Gasteiger partial charge in [0.05, 0.1) is 10.7 Å². The van der Waals surface area contributed by atoms with Crippen molar-refractivity contribution in [3.63, 3.8) is 0 Å². The molecule has 5 nitrogen and oxygen atoms in total. The quantitative estimate of drug-likeness (QED) is 0.865. The van der Waals surface area contributed by atoms with Crippen molar-refractivity contribution in [1.29, 1.82) is 0 Å². The van der Waals surface area contributed by atoms with Crippen LogP contribution in [-0.2, 0) is 0 Å². The maximum Gasteiger partial charge on any atom is 0.274 e. The van der Waals surface area contributed by atoms with Gasteiger partial charge < -0.3 is 10.6 Å². The van der Waals surface area contributed by atoms with Crippen LogP contribution >= 0.6 is 11.6 Å². The average molecular weight is 360 g/mol. The third kappa shape index (κ3) is 5.03. The predicted molar refractivity (Wildman–Crippen MR) is 100 cm³/mol. The monoisotopic (exact) mass is 359 g/mol. The van der Waals surface area contributed by atoms with Gasteiger partial charge in [-0.25, -0.2) is 4.98 Å². The van der Waals surface area contributed by atoms with Crippen LogP contribution in [0.1, 0.15) is 52.9 Å². The minimum Gasteiger partial charge on any atom is -0.346 e. The zero-order valence-electron chi connectivity index (χ0n) is 15.0. The molecule has 0 aliphatic carbocycles. The summed E-state index contributed by atoms with van der Waals surface area (Å²) in [6.45, 7) is 9.44. The molecule has 1 aromatic heterocycles. The van der Waals surface area contributed by atoms with Crippen molar-refractivity contribution in [2.45, 2.75) is 40.2 Å². The first-order valence-corrected chi connectivity index (χ1v) is 8.32. The topological polar surface area (TPSA) is 71.1 Å². The van der Waals surface area contributed by atoms with E-state index in [0.717, 1.165) is 11.1 Å². The minimum atomic E-state index is -0.417. The van der Waals surface area contributed by atoms with E-state index in [1.165, 1.54) is 0 Å². The van der Waals surface area contributed by atoms with Crippen LogP contribution in [0.25, 0.3) is 0 Å². The van der Waals surface area contributed by atoms with E-state index >= 15 is 0 Å². The van der Waals surface area contributed by atoms with Gasteiger partial charge in [-0.3, -0.25) is 9.59 Å². The molecule has 0 aliphatic rings. The Bertz CT molecular complexity index is 803. The van der Waals surface area contributed by atoms with Crippen LogP contribution in [0.5, 0.6) is 0 Å². The highest BCUT2D eigenvalue weighted by atomic mass is 35.5. The Balaban J connectivity index is 2.24. The Kier molecular flexibility index (Phi) is 5.48. The van der Waals surface area contributed by atoms with E-state index in [2.05, 4.69) is 15.6 Å². The number of halogens is 1. The Morgan fingerprint density at radius 1 is 1.04 bits per heavy atom. The summed E-state index contributed by atoms with van der Waals surface area (Å²) in [5.41, 5.74) is 2.37. The molecule has 0 saturated carbocycles. The van der Waals surface area contributed by atoms with Crippen molar-refractivity contribution in [1.82, 2.24) is 10.3 Å². The molecule has 0 saturated heterocycles. The van der Waals surface area contributed by atoms with Crippen LogP contribution in [-0.4, -0.2) is 22.3 Å². The fourth-order valence-electron chi connectivity index (χ4n) is 2.34. The van der Waals surface area contributed by atoms with Crippen LogP contribution in [0.2, 0.25) is 5.02 Å². The summed E-state index contributed by atoms with van der Waals surface area (Å²) in [6.07, 6.45) is 0. The Morgan fingerprint density at radius 2 is 1.64 bits per heavy atom. The molecule has 2 amide bonds. The number of amides is 2. The first-order chi connectivity index (χ1) is 11.6. The van der Waals surface area contributed by atoms with Gasteiger partial charge in [-0.05, 0) is 63.9 Å². The van der Waals surface area contributed by atoms with Gasteiger partial charge in [-0.2, -0.15) is 0 Å². The number of rotatable bonds is 3. The summed E-state index contributed by atoms with van der Waals surface area (Å²) in [6, 6.07) is 8.47. The maximum atomic E-state index is 12.5. The first-order valence-electron chi connectivity index (χ1n) is 7.94. The predicted octanol–water partition coefficient (Wildman–Crippen LogP) is 4.13. The molecule has 0 spiro atoms. The molecule has 0 bridgehead atoms. The van der Waals surface area contributed by atoms with Crippen molar-refractivity contribution in [2.24, 2.45) is 0 Å². The Hall–Kier alpha value is -2.40. The molecular formula is C19H22ClN3O2. The lowest BCUT2D eigenvalue weighted by atomic mass is 10.1. The molecule has 0 aliphatic heterocycles. The lowest BCUT2D eigenvalue weighted by Gasteiger charge is -2.20. The molecule has 1 heterocycles. The second kappa shape index (κ2) is 7.23.